The van der Waals surface area contributed by atoms with Gasteiger partial charge in [-0.05, 0) is 56.0 Å². The Kier molecular flexibility index (Phi) is 10.7. The number of nitrogens with one attached hydrogen (secondary N) is 3. The van der Waals surface area contributed by atoms with Gasteiger partial charge in [0, 0.05) is 31.3 Å². The van der Waals surface area contributed by atoms with Crippen LogP contribution in [0.25, 0.3) is 6.08 Å². The molecule has 43 heavy (non-hydrogen) atoms. The van der Waals surface area contributed by atoms with Crippen LogP contribution in [0, 0.1) is 11.8 Å². The Bertz CT molecular complexity index is 1220. The zero-order chi connectivity index (χ0) is 31.3. The summed E-state index contributed by atoms with van der Waals surface area (Å²) >= 11 is 0. The molecule has 7 atom stereocenters. The summed E-state index contributed by atoms with van der Waals surface area (Å²) in [6, 6.07) is 2.47. The molecule has 3 N–H and O–H groups in total. The van der Waals surface area contributed by atoms with E-state index in [1.807, 2.05) is 27.7 Å². The van der Waals surface area contributed by atoms with Crippen molar-refractivity contribution in [2.45, 2.75) is 90.1 Å². The highest BCUT2D eigenvalue weighted by molar-refractivity contribution is 5.96. The largest absolute Gasteiger partial charge is 0.496 e. The van der Waals surface area contributed by atoms with Crippen LogP contribution in [-0.4, -0.2) is 90.9 Å². The van der Waals surface area contributed by atoms with Crippen LogP contribution in [-0.2, 0) is 19.2 Å². The van der Waals surface area contributed by atoms with Crippen LogP contribution in [0.4, 0.5) is 0 Å². The quantitative estimate of drug-likeness (QED) is 0.399. The summed E-state index contributed by atoms with van der Waals surface area (Å²) < 4.78 is 11.9. The van der Waals surface area contributed by atoms with Gasteiger partial charge in [-0.25, -0.2) is 0 Å². The molecule has 11 heteroatoms. The van der Waals surface area contributed by atoms with Gasteiger partial charge in [0.25, 0.3) is 0 Å². The van der Waals surface area contributed by atoms with Crippen molar-refractivity contribution in [1.82, 2.24) is 25.8 Å². The second kappa shape index (κ2) is 14.2. The number of nitrogens with zero attached hydrogens (tertiary/aromatic N) is 2. The molecule has 236 valence electrons. The lowest BCUT2D eigenvalue weighted by Gasteiger charge is -2.36. The lowest BCUT2D eigenvalue weighted by atomic mass is 9.94. The Morgan fingerprint density at radius 2 is 1.81 bits per heavy atom. The predicted molar refractivity (Wildman–Crippen MR) is 163 cm³/mol. The van der Waals surface area contributed by atoms with E-state index in [9.17, 15) is 19.2 Å². The molecule has 1 aromatic rings. The molecule has 0 aromatic heterocycles. The molecule has 0 aliphatic carbocycles. The van der Waals surface area contributed by atoms with E-state index in [-0.39, 0.29) is 42.0 Å². The van der Waals surface area contributed by atoms with Crippen molar-refractivity contribution in [3.8, 4) is 11.5 Å². The van der Waals surface area contributed by atoms with E-state index in [4.69, 9.17) is 9.47 Å². The maximum absolute atomic E-state index is 14.3. The van der Waals surface area contributed by atoms with Crippen molar-refractivity contribution >= 4 is 29.7 Å². The molecule has 3 aliphatic rings. The highest BCUT2D eigenvalue weighted by Crippen LogP contribution is 2.32. The molecule has 2 bridgehead atoms. The first-order valence-corrected chi connectivity index (χ1v) is 15.5. The average molecular weight is 598 g/mol. The number of hydrogen-bond acceptors (Lipinski definition) is 7. The van der Waals surface area contributed by atoms with Crippen LogP contribution >= 0.6 is 0 Å². The molecule has 3 aliphatic heterocycles. The van der Waals surface area contributed by atoms with Gasteiger partial charge in [0.05, 0.1) is 13.2 Å². The van der Waals surface area contributed by atoms with E-state index in [1.54, 1.807) is 54.4 Å². The van der Waals surface area contributed by atoms with Gasteiger partial charge in [-0.1, -0.05) is 40.5 Å². The smallest absolute Gasteiger partial charge is 0.249 e. The number of likely N-dealkylation sites (N-methyl/N-ethyl adjacent to an activating group) is 1. The van der Waals surface area contributed by atoms with Crippen LogP contribution < -0.4 is 25.4 Å². The van der Waals surface area contributed by atoms with E-state index in [0.29, 0.717) is 49.3 Å². The third kappa shape index (κ3) is 6.82. The second-order valence-corrected chi connectivity index (χ2v) is 11.9. The van der Waals surface area contributed by atoms with Crippen molar-refractivity contribution in [3.63, 3.8) is 0 Å². The minimum absolute atomic E-state index is 0.0707. The number of carbonyl (C=O) groups is 4. The molecular weight excluding hydrogens is 550 g/mol. The van der Waals surface area contributed by atoms with Gasteiger partial charge in [-0.3, -0.25) is 19.2 Å². The highest BCUT2D eigenvalue weighted by atomic mass is 16.5. The number of amides is 4. The normalized spacial score (nSPS) is 24.7. The fourth-order valence-electron chi connectivity index (χ4n) is 6.32. The van der Waals surface area contributed by atoms with Gasteiger partial charge in [0.1, 0.15) is 35.7 Å². The third-order valence-corrected chi connectivity index (χ3v) is 9.28. The Hall–Kier alpha value is -3.60. The monoisotopic (exact) mass is 597 g/mol. The molecular formula is C32H47N5O6. The maximum atomic E-state index is 14.3. The van der Waals surface area contributed by atoms with Crippen LogP contribution in [0.3, 0.4) is 0 Å². The number of carbonyl (C=O) groups excluding carboxylic acids is 4. The maximum Gasteiger partial charge on any atom is 0.249 e. The molecule has 4 rings (SSSR count). The summed E-state index contributed by atoms with van der Waals surface area (Å²) in [6.07, 6.45) is 5.75. The SMILES string of the molecule is CC[C@@H](C)[C@H](NC(=O)[C@@H](NC)[C@@H](C)CC)C(=O)N1CC[C@@H]2Oc3ccc(OC)c(c3)C=CNC(=O)[C@@H]3CCCN3C(=O)[C@H]21. The fourth-order valence-corrected chi connectivity index (χ4v) is 6.32. The summed E-state index contributed by atoms with van der Waals surface area (Å²) in [7, 11) is 3.31. The van der Waals surface area contributed by atoms with E-state index < -0.39 is 30.3 Å². The topological polar surface area (TPSA) is 129 Å². The highest BCUT2D eigenvalue weighted by Gasteiger charge is 2.50. The second-order valence-electron chi connectivity index (χ2n) is 11.9. The first-order valence-electron chi connectivity index (χ1n) is 15.5. The van der Waals surface area contributed by atoms with Gasteiger partial charge in [0.2, 0.25) is 23.6 Å². The van der Waals surface area contributed by atoms with Crippen molar-refractivity contribution in [1.29, 1.82) is 0 Å². The van der Waals surface area contributed by atoms with Gasteiger partial charge in [0.15, 0.2) is 0 Å². The van der Waals surface area contributed by atoms with Crippen molar-refractivity contribution in [3.05, 3.63) is 30.0 Å². The average Bonchev–Trinajstić information content (AvgIpc) is 3.67. The Morgan fingerprint density at radius 3 is 2.49 bits per heavy atom. The van der Waals surface area contributed by atoms with E-state index in [2.05, 4.69) is 16.0 Å². The molecule has 4 amide bonds. The van der Waals surface area contributed by atoms with E-state index in [0.717, 1.165) is 6.42 Å². The molecule has 0 saturated carbocycles. The summed E-state index contributed by atoms with van der Waals surface area (Å²) in [6.45, 7) is 8.63. The first-order chi connectivity index (χ1) is 20.6. The lowest BCUT2D eigenvalue weighted by molar-refractivity contribution is -0.150. The molecule has 2 fully saturated rings. The van der Waals surface area contributed by atoms with Crippen LogP contribution in [0.2, 0.25) is 0 Å². The number of fused-ring (bicyclic) bond motifs is 4. The summed E-state index contributed by atoms with van der Waals surface area (Å²) in [4.78, 5) is 58.4. The number of hydrogen-bond donors (Lipinski definition) is 3. The molecule has 0 unspecified atom stereocenters. The molecule has 0 radical (unpaired) electrons. The minimum atomic E-state index is -0.946. The van der Waals surface area contributed by atoms with E-state index in [1.165, 1.54) is 0 Å². The Labute approximate surface area is 254 Å². The zero-order valence-electron chi connectivity index (χ0n) is 26.2. The lowest BCUT2D eigenvalue weighted by Crippen LogP contribution is -2.61. The van der Waals surface area contributed by atoms with Crippen LogP contribution in [0.15, 0.2) is 24.4 Å². The minimum Gasteiger partial charge on any atom is -0.496 e. The molecule has 2 saturated heterocycles. The van der Waals surface area contributed by atoms with Gasteiger partial charge < -0.3 is 35.2 Å². The Balaban J connectivity index is 1.70. The van der Waals surface area contributed by atoms with Crippen molar-refractivity contribution < 1.29 is 28.7 Å². The number of likely N-dealkylation sites (tertiary alicyclic amines) is 1. The van der Waals surface area contributed by atoms with Crippen LogP contribution in [0.1, 0.15) is 65.4 Å². The van der Waals surface area contributed by atoms with Gasteiger partial charge >= 0.3 is 0 Å². The summed E-state index contributed by atoms with van der Waals surface area (Å²) in [5.41, 5.74) is 0.705. The summed E-state index contributed by atoms with van der Waals surface area (Å²) in [5, 5.41) is 8.93. The predicted octanol–water partition coefficient (Wildman–Crippen LogP) is 2.30. The fraction of sp³-hybridized carbons (Fsp3) is 0.625. The van der Waals surface area contributed by atoms with Gasteiger partial charge in [-0.2, -0.15) is 0 Å². The molecule has 1 aromatic carbocycles. The number of methoxy groups -OCH3 is 1. The zero-order valence-corrected chi connectivity index (χ0v) is 26.2. The number of rotatable bonds is 9. The summed E-state index contributed by atoms with van der Waals surface area (Å²) in [5.74, 6) is -0.109. The third-order valence-electron chi connectivity index (χ3n) is 9.28. The Morgan fingerprint density at radius 1 is 1.09 bits per heavy atom. The van der Waals surface area contributed by atoms with Crippen molar-refractivity contribution in [2.24, 2.45) is 11.8 Å². The van der Waals surface area contributed by atoms with Crippen LogP contribution in [0.5, 0.6) is 11.5 Å². The molecule has 0 spiro atoms. The standard InChI is InChI=1S/C32H47N5O6/c1-7-19(3)26(33-5)30(39)35-27(20(4)8-2)31(40)37-17-14-25-28(37)32(41)36-16-9-10-23(36)29(38)34-15-13-21-18-22(43-25)11-12-24(21)42-6/h11-13,15,18-20,23,25-28,33H,7-10,14,16-17H2,1-6H3,(H,34,38)(H,35,39)/t19-,20+,23-,25-,26-,27-,28-/m0/s1. The van der Waals surface area contributed by atoms with E-state index >= 15 is 0 Å². The molecule has 11 nitrogen and oxygen atoms in total. The van der Waals surface area contributed by atoms with Gasteiger partial charge in [-0.15, -0.1) is 0 Å². The number of ether oxygens (including phenoxy) is 2. The first kappa shape index (κ1) is 32.3. The van der Waals surface area contributed by atoms with Crippen molar-refractivity contribution in [2.75, 3.05) is 27.2 Å². The molecule has 3 heterocycles. The number of benzene rings is 1.